The fourth-order valence-electron chi connectivity index (χ4n) is 0. The van der Waals surface area contributed by atoms with Gasteiger partial charge < -0.3 is 17.6 Å². The van der Waals surface area contributed by atoms with Crippen molar-refractivity contribution in [3.63, 3.8) is 0 Å². The van der Waals surface area contributed by atoms with Crippen molar-refractivity contribution < 1.29 is 0 Å². The first kappa shape index (κ1) is 16.8. The minimum Gasteiger partial charge on any atom is -0.377 e. The lowest BCUT2D eigenvalue weighted by Gasteiger charge is -1.68. The van der Waals surface area contributed by atoms with Gasteiger partial charge >= 0.3 is 0 Å². The third-order valence-electron chi connectivity index (χ3n) is 0. The predicted molar refractivity (Wildman–Crippen MR) is 33.2 cm³/mol. The number of thiocarbonyl (C=S) groups is 1. The normalized spacial score (nSPS) is 4.00. The molecule has 0 saturated heterocycles. The van der Waals surface area contributed by atoms with E-state index in [4.69, 9.17) is 0 Å². The molecule has 0 atom stereocenters. The third kappa shape index (κ3) is 9460. The van der Waals surface area contributed by atoms with E-state index in [0.717, 1.165) is 0 Å². The van der Waals surface area contributed by atoms with Crippen molar-refractivity contribution in [2.45, 2.75) is 0 Å². The average molecular weight is 130 g/mol. The van der Waals surface area contributed by atoms with Gasteiger partial charge in [-0.1, -0.05) is 0 Å². The number of rotatable bonds is 0. The third-order valence-corrected chi connectivity index (χ3v) is 0. The maximum atomic E-state index is 4.62. The highest BCUT2D eigenvalue weighted by molar-refractivity contribution is 7.80. The predicted octanol–water partition coefficient (Wildman–Crippen LogP) is -0.228. The zero-order chi connectivity index (χ0) is 3.58. The zero-order valence-electron chi connectivity index (χ0n) is 3.18. The van der Waals surface area contributed by atoms with Crippen LogP contribution in [0.25, 0.3) is 0 Å². The molecule has 6 heavy (non-hydrogen) atoms. The second-order valence-corrected chi connectivity index (χ2v) is 0.874. The van der Waals surface area contributed by atoms with Crippen LogP contribution >= 0.6 is 24.6 Å². The smallest absolute Gasteiger partial charge is 0.160 e. The van der Waals surface area contributed by atoms with Gasteiger partial charge in [0.15, 0.2) is 5.11 Å². The van der Waals surface area contributed by atoms with Crippen molar-refractivity contribution in [3.05, 3.63) is 0 Å². The van der Waals surface area contributed by atoms with Gasteiger partial charge in [0.2, 0.25) is 0 Å². The molecule has 7 N–H and O–H groups in total. The SMILES string of the molecule is Cl.N.NC(N)=S. The number of hydrogen-bond acceptors (Lipinski definition) is 2. The molecular formula is CH8ClN3S. The molecule has 40 valence electrons. The lowest BCUT2D eigenvalue weighted by Crippen LogP contribution is -2.18. The molecule has 0 spiro atoms. The minimum atomic E-state index is 0. The first-order valence-electron chi connectivity index (χ1n) is 0.781. The Balaban J connectivity index is -0.0000000450. The van der Waals surface area contributed by atoms with Crippen LogP contribution in [0.4, 0.5) is 0 Å². The summed E-state index contributed by atoms with van der Waals surface area (Å²) in [4.78, 5) is 0. The first-order chi connectivity index (χ1) is 1.73. The van der Waals surface area contributed by atoms with E-state index in [0.29, 0.717) is 0 Å². The van der Waals surface area contributed by atoms with Gasteiger partial charge in [0.1, 0.15) is 0 Å². The van der Waals surface area contributed by atoms with Crippen LogP contribution in [0, 0.1) is 0 Å². The van der Waals surface area contributed by atoms with E-state index in [1.165, 1.54) is 0 Å². The van der Waals surface area contributed by atoms with E-state index < -0.39 is 0 Å². The molecule has 0 aromatic rings. The Kier molecular flexibility index (Phi) is 24.8. The molecule has 0 heterocycles. The molecule has 0 unspecified atom stereocenters. The molecule has 0 fully saturated rings. The molecule has 3 nitrogen and oxygen atoms in total. The monoisotopic (exact) mass is 129 g/mol. The Labute approximate surface area is 48.1 Å². The highest BCUT2D eigenvalue weighted by atomic mass is 35.5. The van der Waals surface area contributed by atoms with Crippen molar-refractivity contribution in [1.29, 1.82) is 0 Å². The molecular weight excluding hydrogens is 122 g/mol. The van der Waals surface area contributed by atoms with Gasteiger partial charge in [-0.3, -0.25) is 0 Å². The standard InChI is InChI=1S/CH4N2S.ClH.H3N/c2-1(3)4;;/h(H4,2,3,4);1H;1H3. The molecule has 0 saturated carbocycles. The Morgan fingerprint density at radius 1 is 1.33 bits per heavy atom. The van der Waals surface area contributed by atoms with Crippen molar-refractivity contribution in [2.24, 2.45) is 11.5 Å². The van der Waals surface area contributed by atoms with E-state index in [9.17, 15) is 0 Å². The fraction of sp³-hybridized carbons (Fsp3) is 0. The lowest BCUT2D eigenvalue weighted by atomic mass is 11.3. The summed E-state index contributed by atoms with van der Waals surface area (Å²) in [6.07, 6.45) is 0. The highest BCUT2D eigenvalue weighted by Gasteiger charge is 1.53. The number of nitrogens with two attached hydrogens (primary N) is 2. The van der Waals surface area contributed by atoms with E-state index in [2.05, 4.69) is 23.7 Å². The van der Waals surface area contributed by atoms with Crippen LogP contribution in [0.1, 0.15) is 0 Å². The Bertz CT molecular complexity index is 33.8. The molecule has 0 aliphatic heterocycles. The second kappa shape index (κ2) is 8.87. The molecule has 0 radical (unpaired) electrons. The molecule has 0 aliphatic rings. The maximum Gasteiger partial charge on any atom is 0.160 e. The molecule has 5 heteroatoms. The molecule has 0 aromatic carbocycles. The van der Waals surface area contributed by atoms with Gasteiger partial charge in [0.05, 0.1) is 0 Å². The van der Waals surface area contributed by atoms with E-state index in [1.54, 1.807) is 0 Å². The van der Waals surface area contributed by atoms with Gasteiger partial charge in [0, 0.05) is 0 Å². The van der Waals surface area contributed by atoms with Crippen LogP contribution in [0.2, 0.25) is 0 Å². The molecule has 0 rings (SSSR count). The van der Waals surface area contributed by atoms with Gasteiger partial charge in [-0.05, 0) is 12.2 Å². The van der Waals surface area contributed by atoms with E-state index in [1.807, 2.05) is 0 Å². The molecule has 0 bridgehead atoms. The topological polar surface area (TPSA) is 87.0 Å². The zero-order valence-corrected chi connectivity index (χ0v) is 4.81. The van der Waals surface area contributed by atoms with E-state index in [-0.39, 0.29) is 23.7 Å². The maximum absolute atomic E-state index is 4.62. The molecule has 0 aliphatic carbocycles. The van der Waals surface area contributed by atoms with Gasteiger partial charge in [0.25, 0.3) is 0 Å². The largest absolute Gasteiger partial charge is 0.377 e. The summed E-state index contributed by atoms with van der Waals surface area (Å²) < 4.78 is 0. The summed E-state index contributed by atoms with van der Waals surface area (Å²) in [6, 6.07) is 0. The quantitative estimate of drug-likeness (QED) is 0.395. The van der Waals surface area contributed by atoms with Crippen molar-refractivity contribution in [2.75, 3.05) is 0 Å². The summed E-state index contributed by atoms with van der Waals surface area (Å²) in [7, 11) is 0. The summed E-state index contributed by atoms with van der Waals surface area (Å²) in [5.74, 6) is 0. The fourth-order valence-corrected chi connectivity index (χ4v) is 0. The van der Waals surface area contributed by atoms with E-state index >= 15 is 0 Å². The van der Waals surface area contributed by atoms with Crippen LogP contribution in [0.15, 0.2) is 0 Å². The van der Waals surface area contributed by atoms with Crippen molar-refractivity contribution >= 4 is 29.7 Å². The average Bonchev–Trinajstić information content (AvgIpc) is 0.811. The van der Waals surface area contributed by atoms with Crippen molar-refractivity contribution in [3.8, 4) is 0 Å². The number of hydrogen-bond donors (Lipinski definition) is 3. The lowest BCUT2D eigenvalue weighted by molar-refractivity contribution is 1.65. The van der Waals surface area contributed by atoms with Crippen LogP contribution in [0.3, 0.4) is 0 Å². The minimum absolute atomic E-state index is 0. The summed E-state index contributed by atoms with van der Waals surface area (Å²) >= 11 is 4.09. The Morgan fingerprint density at radius 3 is 1.33 bits per heavy atom. The van der Waals surface area contributed by atoms with Crippen LogP contribution in [-0.2, 0) is 0 Å². The van der Waals surface area contributed by atoms with Crippen LogP contribution in [0.5, 0.6) is 0 Å². The Hall–Kier alpha value is -0.0600. The highest BCUT2D eigenvalue weighted by Crippen LogP contribution is 1.32. The summed E-state index contributed by atoms with van der Waals surface area (Å²) in [6.45, 7) is 0. The first-order valence-corrected chi connectivity index (χ1v) is 1.19. The second-order valence-electron chi connectivity index (χ2n) is 0.402. The van der Waals surface area contributed by atoms with Gasteiger partial charge in [-0.15, -0.1) is 12.4 Å². The van der Waals surface area contributed by atoms with Crippen LogP contribution in [-0.4, -0.2) is 5.11 Å². The van der Waals surface area contributed by atoms with Gasteiger partial charge in [-0.25, -0.2) is 0 Å². The Morgan fingerprint density at radius 2 is 1.33 bits per heavy atom. The van der Waals surface area contributed by atoms with Gasteiger partial charge in [-0.2, -0.15) is 0 Å². The number of halogens is 1. The molecule has 0 amide bonds. The summed E-state index contributed by atoms with van der Waals surface area (Å²) in [5, 5.41) is 0.000000000000000222. The summed E-state index contributed by atoms with van der Waals surface area (Å²) in [5.41, 5.74) is 9.24. The van der Waals surface area contributed by atoms with Crippen molar-refractivity contribution in [1.82, 2.24) is 6.15 Å². The molecule has 0 aromatic heterocycles. The van der Waals surface area contributed by atoms with Crippen LogP contribution < -0.4 is 17.6 Å².